The van der Waals surface area contributed by atoms with Crippen LogP contribution in [0.3, 0.4) is 0 Å². The number of hydrogen-bond donors (Lipinski definition) is 2. The largest absolute Gasteiger partial charge is 0.504 e. The number of para-hydroxylation sites is 2. The molecule has 0 unspecified atom stereocenters. The summed E-state index contributed by atoms with van der Waals surface area (Å²) in [6.45, 7) is 0.375. The summed E-state index contributed by atoms with van der Waals surface area (Å²) in [5.41, 5.74) is 0. The third-order valence-corrected chi connectivity index (χ3v) is 0.978. The summed E-state index contributed by atoms with van der Waals surface area (Å²) < 4.78 is 3.86. The first-order chi connectivity index (χ1) is 5.72. The van der Waals surface area contributed by atoms with E-state index in [0.717, 1.165) is 0 Å². The maximum atomic E-state index is 8.95. The lowest BCUT2D eigenvalue weighted by Gasteiger charge is -1.91. The van der Waals surface area contributed by atoms with Gasteiger partial charge in [0.05, 0.1) is 7.11 Å². The molecule has 4 heteroatoms. The first-order valence-corrected chi connectivity index (χ1v) is 3.15. The second-order valence-electron chi connectivity index (χ2n) is 1.82. The van der Waals surface area contributed by atoms with Crippen molar-refractivity contribution in [1.29, 1.82) is 0 Å². The zero-order valence-electron chi connectivity index (χ0n) is 6.60. The van der Waals surface area contributed by atoms with Crippen LogP contribution in [-0.2, 0) is 9.53 Å². The number of carbonyl (C=O) groups excluding carboxylic acids is 1. The molecule has 0 bridgehead atoms. The van der Waals surface area contributed by atoms with E-state index in [2.05, 4.69) is 4.74 Å². The molecule has 1 aromatic rings. The summed E-state index contributed by atoms with van der Waals surface area (Å²) in [6, 6.07) is 6.15. The fourth-order valence-corrected chi connectivity index (χ4v) is 0.464. The van der Waals surface area contributed by atoms with Crippen molar-refractivity contribution in [2.24, 2.45) is 0 Å². The lowest BCUT2D eigenvalue weighted by atomic mass is 10.3. The smallest absolute Gasteiger partial charge is 0.292 e. The Morgan fingerprint density at radius 1 is 1.25 bits per heavy atom. The highest BCUT2D eigenvalue weighted by atomic mass is 16.5. The minimum atomic E-state index is -0.0764. The summed E-state index contributed by atoms with van der Waals surface area (Å²) in [7, 11) is 1.31. The third kappa shape index (κ3) is 4.16. The molecular weight excluding hydrogens is 160 g/mol. The van der Waals surface area contributed by atoms with Gasteiger partial charge in [-0.15, -0.1) is 0 Å². The van der Waals surface area contributed by atoms with Crippen LogP contribution in [0, 0.1) is 0 Å². The number of benzene rings is 1. The number of carbonyl (C=O) groups is 1. The molecule has 0 atom stereocenters. The van der Waals surface area contributed by atoms with Gasteiger partial charge in [-0.2, -0.15) is 0 Å². The Bertz CT molecular complexity index is 213. The molecule has 12 heavy (non-hydrogen) atoms. The van der Waals surface area contributed by atoms with E-state index in [1.165, 1.54) is 19.2 Å². The van der Waals surface area contributed by atoms with Crippen molar-refractivity contribution in [1.82, 2.24) is 0 Å². The van der Waals surface area contributed by atoms with E-state index in [-0.39, 0.29) is 11.5 Å². The minimum absolute atomic E-state index is 0.0764. The summed E-state index contributed by atoms with van der Waals surface area (Å²) >= 11 is 0. The third-order valence-electron chi connectivity index (χ3n) is 0.978. The van der Waals surface area contributed by atoms with Crippen LogP contribution in [-0.4, -0.2) is 23.8 Å². The van der Waals surface area contributed by atoms with Gasteiger partial charge in [0.1, 0.15) is 0 Å². The van der Waals surface area contributed by atoms with Crippen molar-refractivity contribution < 1.29 is 19.7 Å². The molecule has 1 rings (SSSR count). The van der Waals surface area contributed by atoms with Crippen molar-refractivity contribution in [2.45, 2.75) is 0 Å². The van der Waals surface area contributed by atoms with Crippen molar-refractivity contribution >= 4 is 6.47 Å². The van der Waals surface area contributed by atoms with Crippen molar-refractivity contribution in [3.05, 3.63) is 24.3 Å². The summed E-state index contributed by atoms with van der Waals surface area (Å²) in [4.78, 5) is 8.95. The summed E-state index contributed by atoms with van der Waals surface area (Å²) in [5, 5.41) is 17.3. The minimum Gasteiger partial charge on any atom is -0.504 e. The average molecular weight is 170 g/mol. The lowest BCUT2D eigenvalue weighted by Crippen LogP contribution is -1.68. The normalized spacial score (nSPS) is 7.75. The zero-order chi connectivity index (χ0) is 9.40. The van der Waals surface area contributed by atoms with Crippen LogP contribution in [0.1, 0.15) is 0 Å². The van der Waals surface area contributed by atoms with E-state index >= 15 is 0 Å². The van der Waals surface area contributed by atoms with Crippen molar-refractivity contribution in [3.63, 3.8) is 0 Å². The molecule has 4 nitrogen and oxygen atoms in total. The van der Waals surface area contributed by atoms with E-state index in [1.54, 1.807) is 12.1 Å². The Morgan fingerprint density at radius 2 is 1.58 bits per heavy atom. The monoisotopic (exact) mass is 170 g/mol. The van der Waals surface area contributed by atoms with Crippen LogP contribution in [0.15, 0.2) is 24.3 Å². The Morgan fingerprint density at radius 3 is 1.75 bits per heavy atom. The summed E-state index contributed by atoms with van der Waals surface area (Å²) in [5.74, 6) is -0.153. The second-order valence-corrected chi connectivity index (χ2v) is 1.82. The van der Waals surface area contributed by atoms with Crippen molar-refractivity contribution in [3.8, 4) is 11.5 Å². The first kappa shape index (κ1) is 10.3. The molecule has 66 valence electrons. The van der Waals surface area contributed by atoms with Gasteiger partial charge in [0.15, 0.2) is 11.5 Å². The molecule has 0 saturated heterocycles. The van der Waals surface area contributed by atoms with Crippen LogP contribution in [0.4, 0.5) is 0 Å². The highest BCUT2D eigenvalue weighted by molar-refractivity contribution is 5.36. The molecular formula is C8H10O4. The molecule has 0 aliphatic heterocycles. The molecule has 0 heterocycles. The molecule has 0 amide bonds. The van der Waals surface area contributed by atoms with E-state index in [9.17, 15) is 0 Å². The fraction of sp³-hybridized carbons (Fsp3) is 0.125. The molecule has 2 N–H and O–H groups in total. The average Bonchev–Trinajstić information content (AvgIpc) is 2.11. The lowest BCUT2D eigenvalue weighted by molar-refractivity contribution is -0.126. The Labute approximate surface area is 70.0 Å². The van der Waals surface area contributed by atoms with E-state index in [0.29, 0.717) is 6.47 Å². The molecule has 1 aromatic carbocycles. The Hall–Kier alpha value is -1.71. The molecule has 0 aliphatic rings. The fourth-order valence-electron chi connectivity index (χ4n) is 0.464. The van der Waals surface area contributed by atoms with Crippen LogP contribution in [0.2, 0.25) is 0 Å². The molecule has 0 fully saturated rings. The van der Waals surface area contributed by atoms with Crippen LogP contribution in [0.25, 0.3) is 0 Å². The molecule has 0 radical (unpaired) electrons. The van der Waals surface area contributed by atoms with E-state index in [1.807, 2.05) is 0 Å². The highest BCUT2D eigenvalue weighted by Crippen LogP contribution is 2.21. The number of rotatable bonds is 1. The number of phenols is 2. The Kier molecular flexibility index (Phi) is 5.17. The highest BCUT2D eigenvalue weighted by Gasteiger charge is 1.90. The molecule has 0 aliphatic carbocycles. The van der Waals surface area contributed by atoms with E-state index < -0.39 is 0 Å². The van der Waals surface area contributed by atoms with Gasteiger partial charge in [0.2, 0.25) is 0 Å². The van der Waals surface area contributed by atoms with Crippen molar-refractivity contribution in [2.75, 3.05) is 7.11 Å². The van der Waals surface area contributed by atoms with Crippen LogP contribution >= 0.6 is 0 Å². The first-order valence-electron chi connectivity index (χ1n) is 3.15. The molecule has 0 saturated carbocycles. The maximum Gasteiger partial charge on any atom is 0.292 e. The quantitative estimate of drug-likeness (QED) is 0.485. The topological polar surface area (TPSA) is 66.8 Å². The number of aromatic hydroxyl groups is 2. The van der Waals surface area contributed by atoms with Gasteiger partial charge in [-0.25, -0.2) is 0 Å². The second kappa shape index (κ2) is 6.03. The van der Waals surface area contributed by atoms with Gasteiger partial charge in [-0.05, 0) is 12.1 Å². The Balaban J connectivity index is 0.000000261. The van der Waals surface area contributed by atoms with E-state index in [4.69, 9.17) is 15.0 Å². The number of hydrogen-bond acceptors (Lipinski definition) is 4. The van der Waals surface area contributed by atoms with Gasteiger partial charge >= 0.3 is 0 Å². The standard InChI is InChI=1S/C6H6O2.C2H4O2/c7-5-3-1-2-4-6(5)8;1-4-2-3/h1-4,7-8H;2H,1H3. The van der Waals surface area contributed by atoms with Gasteiger partial charge in [-0.3, -0.25) is 4.79 Å². The predicted octanol–water partition coefficient (Wildman–Crippen LogP) is 0.887. The van der Waals surface area contributed by atoms with Gasteiger partial charge in [-0.1, -0.05) is 12.1 Å². The summed E-state index contributed by atoms with van der Waals surface area (Å²) in [6.07, 6.45) is 0. The van der Waals surface area contributed by atoms with Crippen LogP contribution in [0.5, 0.6) is 11.5 Å². The molecule has 0 spiro atoms. The maximum absolute atomic E-state index is 8.95. The predicted molar refractivity (Wildman–Crippen MR) is 42.8 cm³/mol. The number of ether oxygens (including phenoxy) is 1. The molecule has 0 aromatic heterocycles. The number of methoxy groups -OCH3 is 1. The zero-order valence-corrected chi connectivity index (χ0v) is 6.60. The van der Waals surface area contributed by atoms with Gasteiger partial charge < -0.3 is 14.9 Å². The number of phenolic OH excluding ortho intramolecular Hbond substituents is 2. The van der Waals surface area contributed by atoms with Gasteiger partial charge in [0.25, 0.3) is 6.47 Å². The SMILES string of the molecule is COC=O.Oc1ccccc1O. The van der Waals surface area contributed by atoms with Gasteiger partial charge in [0, 0.05) is 0 Å². The van der Waals surface area contributed by atoms with Crippen LogP contribution < -0.4 is 0 Å².